The van der Waals surface area contributed by atoms with Crippen molar-refractivity contribution in [3.05, 3.63) is 30.1 Å². The third kappa shape index (κ3) is 3.14. The van der Waals surface area contributed by atoms with Crippen molar-refractivity contribution in [2.75, 3.05) is 20.1 Å². The van der Waals surface area contributed by atoms with Gasteiger partial charge in [0, 0.05) is 20.1 Å². The summed E-state index contributed by atoms with van der Waals surface area (Å²) in [4.78, 5) is 14.5. The lowest BCUT2D eigenvalue weighted by atomic mass is 9.96. The van der Waals surface area contributed by atoms with Crippen LogP contribution in [0.5, 0.6) is 0 Å². The monoisotopic (exact) mass is 383 g/mol. The van der Waals surface area contributed by atoms with E-state index in [0.29, 0.717) is 25.9 Å². The van der Waals surface area contributed by atoms with Gasteiger partial charge in [-0.05, 0) is 43.0 Å². The number of halogens is 1. The molecule has 2 heterocycles. The second-order valence-corrected chi connectivity index (χ2v) is 9.23. The molecule has 3 rings (SSSR count). The molecule has 2 saturated heterocycles. The summed E-state index contributed by atoms with van der Waals surface area (Å²) in [5, 5.41) is 3.48. The third-order valence-electron chi connectivity index (χ3n) is 5.88. The second kappa shape index (κ2) is 6.90. The number of nitrogens with zero attached hydrogens (tertiary/aromatic N) is 2. The van der Waals surface area contributed by atoms with E-state index in [2.05, 4.69) is 19.2 Å². The van der Waals surface area contributed by atoms with Crippen molar-refractivity contribution in [1.82, 2.24) is 14.5 Å². The Kier molecular flexibility index (Phi) is 5.11. The molecule has 26 heavy (non-hydrogen) atoms. The second-order valence-electron chi connectivity index (χ2n) is 7.29. The largest absolute Gasteiger partial charge is 0.326 e. The Morgan fingerprint density at radius 3 is 2.38 bits per heavy atom. The minimum absolute atomic E-state index is 0.0780. The van der Waals surface area contributed by atoms with Crippen LogP contribution in [0, 0.1) is 11.7 Å². The number of hydrogen-bond acceptors (Lipinski definition) is 4. The van der Waals surface area contributed by atoms with Gasteiger partial charge in [-0.25, -0.2) is 12.8 Å². The van der Waals surface area contributed by atoms with Crippen molar-refractivity contribution < 1.29 is 17.6 Å². The van der Waals surface area contributed by atoms with Crippen molar-refractivity contribution in [2.45, 2.75) is 49.7 Å². The molecule has 0 radical (unpaired) electrons. The van der Waals surface area contributed by atoms with Crippen LogP contribution in [0.3, 0.4) is 0 Å². The van der Waals surface area contributed by atoms with Crippen molar-refractivity contribution in [2.24, 2.45) is 5.92 Å². The smallest absolute Gasteiger partial charge is 0.243 e. The van der Waals surface area contributed by atoms with Gasteiger partial charge in [-0.1, -0.05) is 20.3 Å². The molecule has 2 atom stereocenters. The number of carbonyl (C=O) groups excluding carboxylic acids is 1. The fourth-order valence-corrected chi connectivity index (χ4v) is 5.26. The Hall–Kier alpha value is -1.51. The highest BCUT2D eigenvalue weighted by molar-refractivity contribution is 7.89. The lowest BCUT2D eigenvalue weighted by Crippen LogP contribution is -2.58. The molecule has 2 aliphatic heterocycles. The van der Waals surface area contributed by atoms with Gasteiger partial charge >= 0.3 is 0 Å². The number of hydrogen-bond donors (Lipinski definition) is 1. The zero-order valence-electron chi connectivity index (χ0n) is 15.4. The van der Waals surface area contributed by atoms with Gasteiger partial charge in [-0.15, -0.1) is 0 Å². The van der Waals surface area contributed by atoms with E-state index in [1.54, 1.807) is 11.9 Å². The van der Waals surface area contributed by atoms with Crippen molar-refractivity contribution in [3.63, 3.8) is 0 Å². The number of benzene rings is 1. The molecule has 8 heteroatoms. The number of carbonyl (C=O) groups is 1. The number of sulfonamides is 1. The Morgan fingerprint density at radius 2 is 1.85 bits per heavy atom. The molecule has 2 aliphatic rings. The minimum atomic E-state index is -3.66. The Bertz CT molecular complexity index is 773. The molecular weight excluding hydrogens is 357 g/mol. The van der Waals surface area contributed by atoms with E-state index in [1.165, 1.54) is 16.4 Å². The van der Waals surface area contributed by atoms with Crippen molar-refractivity contribution in [3.8, 4) is 0 Å². The number of nitrogens with one attached hydrogen (secondary N) is 1. The fraction of sp³-hybridized carbons (Fsp3) is 0.611. The van der Waals surface area contributed by atoms with Crippen LogP contribution in [0.25, 0.3) is 0 Å². The van der Waals surface area contributed by atoms with Gasteiger partial charge in [0.05, 0.1) is 16.6 Å². The average Bonchev–Trinajstić information content (AvgIpc) is 2.87. The summed E-state index contributed by atoms with van der Waals surface area (Å²) < 4.78 is 40.0. The van der Waals surface area contributed by atoms with Gasteiger partial charge < -0.3 is 4.90 Å². The van der Waals surface area contributed by atoms with Gasteiger partial charge in [0.1, 0.15) is 5.82 Å². The van der Waals surface area contributed by atoms with Gasteiger partial charge in [0.25, 0.3) is 0 Å². The lowest BCUT2D eigenvalue weighted by molar-refractivity contribution is -0.132. The summed E-state index contributed by atoms with van der Waals surface area (Å²) in [6.45, 7) is 4.74. The standard InChI is InChI=1S/C18H26FN3O3S/c1-4-13(2)16-17(23)21(3)18(20-16)9-11-22(12-10-18)26(24,25)15-7-5-14(19)6-8-15/h5-8,13,16,20H,4,9-12H2,1-3H3. The topological polar surface area (TPSA) is 69.7 Å². The van der Waals surface area contributed by atoms with Gasteiger partial charge in [0.2, 0.25) is 15.9 Å². The summed E-state index contributed by atoms with van der Waals surface area (Å²) >= 11 is 0. The van der Waals surface area contributed by atoms with E-state index in [-0.39, 0.29) is 22.8 Å². The summed E-state index contributed by atoms with van der Waals surface area (Å²) in [5.74, 6) is -0.160. The van der Waals surface area contributed by atoms with E-state index >= 15 is 0 Å². The maximum absolute atomic E-state index is 13.1. The summed E-state index contributed by atoms with van der Waals surface area (Å²) in [6.07, 6.45) is 1.96. The average molecular weight is 383 g/mol. The van der Waals surface area contributed by atoms with Gasteiger partial charge in [0.15, 0.2) is 0 Å². The van der Waals surface area contributed by atoms with Crippen molar-refractivity contribution >= 4 is 15.9 Å². The summed E-state index contributed by atoms with van der Waals surface area (Å²) in [7, 11) is -1.86. The molecule has 1 aromatic carbocycles. The van der Waals surface area contributed by atoms with Crippen LogP contribution in [-0.2, 0) is 14.8 Å². The van der Waals surface area contributed by atoms with E-state index in [1.807, 2.05) is 0 Å². The molecule has 1 spiro atoms. The van der Waals surface area contributed by atoms with Crippen LogP contribution in [-0.4, -0.2) is 55.4 Å². The van der Waals surface area contributed by atoms with Crippen LogP contribution < -0.4 is 5.32 Å². The first-order valence-corrected chi connectivity index (χ1v) is 10.5. The minimum Gasteiger partial charge on any atom is -0.326 e. The Morgan fingerprint density at radius 1 is 1.27 bits per heavy atom. The van der Waals surface area contributed by atoms with Crippen molar-refractivity contribution in [1.29, 1.82) is 0 Å². The first-order chi connectivity index (χ1) is 12.2. The molecule has 0 bridgehead atoms. The zero-order valence-corrected chi connectivity index (χ0v) is 16.2. The third-order valence-corrected chi connectivity index (χ3v) is 7.79. The molecular formula is C18H26FN3O3S. The molecule has 144 valence electrons. The van der Waals surface area contributed by atoms with Gasteiger partial charge in [-0.2, -0.15) is 4.31 Å². The van der Waals surface area contributed by atoms with Crippen LogP contribution in [0.1, 0.15) is 33.1 Å². The van der Waals surface area contributed by atoms with E-state index in [9.17, 15) is 17.6 Å². The predicted octanol–water partition coefficient (Wildman–Crippen LogP) is 1.78. The summed E-state index contributed by atoms with van der Waals surface area (Å²) in [5.41, 5.74) is -0.486. The number of likely N-dealkylation sites (N-methyl/N-ethyl adjacent to an activating group) is 1. The number of amides is 1. The van der Waals surface area contributed by atoms with Crippen LogP contribution in [0.15, 0.2) is 29.2 Å². The van der Waals surface area contributed by atoms with E-state index < -0.39 is 21.5 Å². The molecule has 0 saturated carbocycles. The Balaban J connectivity index is 1.75. The maximum Gasteiger partial charge on any atom is 0.243 e. The highest BCUT2D eigenvalue weighted by Gasteiger charge is 2.51. The highest BCUT2D eigenvalue weighted by atomic mass is 32.2. The van der Waals surface area contributed by atoms with Crippen LogP contribution in [0.2, 0.25) is 0 Å². The van der Waals surface area contributed by atoms with Crippen LogP contribution >= 0.6 is 0 Å². The number of rotatable bonds is 4. The quantitative estimate of drug-likeness (QED) is 0.861. The fourth-order valence-electron chi connectivity index (χ4n) is 3.82. The first-order valence-electron chi connectivity index (χ1n) is 9.02. The lowest BCUT2D eigenvalue weighted by Gasteiger charge is -2.42. The zero-order chi connectivity index (χ0) is 19.1. The predicted molar refractivity (Wildman–Crippen MR) is 96.3 cm³/mol. The SMILES string of the molecule is CCC(C)C1NC2(CCN(S(=O)(=O)c3ccc(F)cc3)CC2)N(C)C1=O. The molecule has 2 unspecified atom stereocenters. The van der Waals surface area contributed by atoms with Gasteiger partial charge in [-0.3, -0.25) is 10.1 Å². The van der Waals surface area contributed by atoms with E-state index in [4.69, 9.17) is 0 Å². The first kappa shape index (κ1) is 19.3. The molecule has 1 aromatic rings. The summed E-state index contributed by atoms with van der Waals surface area (Å²) in [6, 6.07) is 4.67. The van der Waals surface area contributed by atoms with E-state index in [0.717, 1.165) is 18.6 Å². The Labute approximate surface area is 154 Å². The normalized spacial score (nSPS) is 25.0. The molecule has 1 amide bonds. The molecule has 2 fully saturated rings. The highest BCUT2D eigenvalue weighted by Crippen LogP contribution is 2.35. The number of piperidine rings is 1. The molecule has 1 N–H and O–H groups in total. The molecule has 0 aromatic heterocycles. The maximum atomic E-state index is 13.1. The molecule has 0 aliphatic carbocycles. The van der Waals surface area contributed by atoms with Crippen LogP contribution in [0.4, 0.5) is 4.39 Å². The molecule has 6 nitrogen and oxygen atoms in total.